The fraction of sp³-hybridized carbons (Fsp3) is 0.200. The zero-order chi connectivity index (χ0) is 14.7. The Balaban J connectivity index is 2.33. The second-order valence-electron chi connectivity index (χ2n) is 4.83. The first-order valence-electron chi connectivity index (χ1n) is 6.33. The molecule has 20 heavy (non-hydrogen) atoms. The van der Waals surface area contributed by atoms with Crippen molar-refractivity contribution >= 4 is 23.2 Å². The van der Waals surface area contributed by atoms with Gasteiger partial charge in [0.15, 0.2) is 5.82 Å². The van der Waals surface area contributed by atoms with Gasteiger partial charge >= 0.3 is 5.97 Å². The molecule has 0 amide bonds. The zero-order valence-electron chi connectivity index (χ0n) is 11.4. The number of carbonyl (C=O) groups is 1. The molecule has 0 aliphatic rings. The van der Waals surface area contributed by atoms with Crippen molar-refractivity contribution in [1.29, 1.82) is 0 Å². The Hall–Kier alpha value is -2.56. The van der Waals surface area contributed by atoms with E-state index >= 15 is 0 Å². The molecule has 1 aromatic heterocycles. The maximum Gasteiger partial charge on any atom is 0.337 e. The Kier molecular flexibility index (Phi) is 3.89. The highest BCUT2D eigenvalue weighted by Crippen LogP contribution is 2.25. The van der Waals surface area contributed by atoms with Gasteiger partial charge < -0.3 is 16.2 Å². The standard InChI is InChI=1S/C15H17N3O2/c1-9(2)10-4-3-5-11(8-10)18-14-13(16)12(15(19)20)6-7-17-14/h3-9H,16H2,1-2H3,(H,17,18)(H,19,20). The Bertz CT molecular complexity index is 639. The van der Waals surface area contributed by atoms with Crippen LogP contribution in [0.1, 0.15) is 35.7 Å². The minimum atomic E-state index is -1.07. The SMILES string of the molecule is CC(C)c1cccc(Nc2nccc(C(=O)O)c2N)c1. The molecular formula is C15H17N3O2. The number of carboxylic acids is 1. The van der Waals surface area contributed by atoms with E-state index in [0.717, 1.165) is 5.69 Å². The number of aromatic nitrogens is 1. The van der Waals surface area contributed by atoms with Gasteiger partial charge in [0, 0.05) is 11.9 Å². The second kappa shape index (κ2) is 5.61. The van der Waals surface area contributed by atoms with E-state index in [1.54, 1.807) is 0 Å². The average Bonchev–Trinajstić information content (AvgIpc) is 2.41. The van der Waals surface area contributed by atoms with Crippen LogP contribution in [0.25, 0.3) is 0 Å². The van der Waals surface area contributed by atoms with E-state index in [1.165, 1.54) is 17.8 Å². The lowest BCUT2D eigenvalue weighted by atomic mass is 10.0. The lowest BCUT2D eigenvalue weighted by Gasteiger charge is -2.12. The van der Waals surface area contributed by atoms with Crippen molar-refractivity contribution in [2.45, 2.75) is 19.8 Å². The Morgan fingerprint density at radius 1 is 1.35 bits per heavy atom. The van der Waals surface area contributed by atoms with E-state index in [0.29, 0.717) is 11.7 Å². The Labute approximate surface area is 117 Å². The van der Waals surface area contributed by atoms with Crippen LogP contribution in [0.5, 0.6) is 0 Å². The number of benzene rings is 1. The first-order chi connectivity index (χ1) is 9.49. The molecule has 1 heterocycles. The number of pyridine rings is 1. The number of rotatable bonds is 4. The van der Waals surface area contributed by atoms with Crippen molar-refractivity contribution in [3.8, 4) is 0 Å². The summed E-state index contributed by atoms with van der Waals surface area (Å²) in [6.07, 6.45) is 1.43. The number of anilines is 3. The molecule has 0 fully saturated rings. The molecule has 5 nitrogen and oxygen atoms in total. The third kappa shape index (κ3) is 2.88. The topological polar surface area (TPSA) is 88.2 Å². The van der Waals surface area contributed by atoms with E-state index in [2.05, 4.69) is 24.1 Å². The summed E-state index contributed by atoms with van der Waals surface area (Å²) in [4.78, 5) is 15.1. The Morgan fingerprint density at radius 2 is 2.10 bits per heavy atom. The van der Waals surface area contributed by atoms with Gasteiger partial charge in [-0.3, -0.25) is 0 Å². The predicted molar refractivity (Wildman–Crippen MR) is 79.4 cm³/mol. The van der Waals surface area contributed by atoms with Crippen LogP contribution >= 0.6 is 0 Å². The van der Waals surface area contributed by atoms with Crippen molar-refractivity contribution < 1.29 is 9.90 Å². The smallest absolute Gasteiger partial charge is 0.337 e. The summed E-state index contributed by atoms with van der Waals surface area (Å²) in [5, 5.41) is 12.1. The highest BCUT2D eigenvalue weighted by Gasteiger charge is 2.12. The first-order valence-corrected chi connectivity index (χ1v) is 6.33. The molecular weight excluding hydrogens is 254 g/mol. The van der Waals surface area contributed by atoms with E-state index in [1.807, 2.05) is 24.3 Å². The minimum Gasteiger partial charge on any atom is -0.478 e. The largest absolute Gasteiger partial charge is 0.478 e. The van der Waals surface area contributed by atoms with Crippen molar-refractivity contribution in [2.75, 3.05) is 11.1 Å². The van der Waals surface area contributed by atoms with Gasteiger partial charge in [-0.25, -0.2) is 9.78 Å². The molecule has 0 atom stereocenters. The van der Waals surface area contributed by atoms with E-state index < -0.39 is 5.97 Å². The number of nitrogens with zero attached hydrogens (tertiary/aromatic N) is 1. The lowest BCUT2D eigenvalue weighted by Crippen LogP contribution is -2.07. The number of hydrogen-bond acceptors (Lipinski definition) is 4. The van der Waals surface area contributed by atoms with E-state index in [4.69, 9.17) is 10.8 Å². The molecule has 104 valence electrons. The van der Waals surface area contributed by atoms with Gasteiger partial charge in [-0.15, -0.1) is 0 Å². The van der Waals surface area contributed by atoms with E-state index in [9.17, 15) is 4.79 Å². The van der Waals surface area contributed by atoms with Crippen LogP contribution in [0.2, 0.25) is 0 Å². The summed E-state index contributed by atoms with van der Waals surface area (Å²) in [7, 11) is 0. The molecule has 4 N–H and O–H groups in total. The fourth-order valence-corrected chi connectivity index (χ4v) is 1.87. The highest BCUT2D eigenvalue weighted by molar-refractivity contribution is 5.96. The predicted octanol–water partition coefficient (Wildman–Crippen LogP) is 3.23. The second-order valence-corrected chi connectivity index (χ2v) is 4.83. The molecule has 0 bridgehead atoms. The minimum absolute atomic E-state index is 0.0440. The average molecular weight is 271 g/mol. The van der Waals surface area contributed by atoms with Gasteiger partial charge in [-0.1, -0.05) is 26.0 Å². The summed E-state index contributed by atoms with van der Waals surface area (Å²) >= 11 is 0. The third-order valence-electron chi connectivity index (χ3n) is 3.04. The normalized spacial score (nSPS) is 10.6. The van der Waals surface area contributed by atoms with Gasteiger partial charge in [-0.2, -0.15) is 0 Å². The zero-order valence-corrected chi connectivity index (χ0v) is 11.4. The fourth-order valence-electron chi connectivity index (χ4n) is 1.87. The molecule has 0 saturated carbocycles. The van der Waals surface area contributed by atoms with Gasteiger partial charge in [0.05, 0.1) is 11.3 Å². The van der Waals surface area contributed by atoms with Crippen molar-refractivity contribution in [3.05, 3.63) is 47.7 Å². The molecule has 0 radical (unpaired) electrons. The molecule has 1 aromatic carbocycles. The molecule has 0 saturated heterocycles. The lowest BCUT2D eigenvalue weighted by molar-refractivity contribution is 0.0698. The van der Waals surface area contributed by atoms with Gasteiger partial charge in [0.25, 0.3) is 0 Å². The van der Waals surface area contributed by atoms with Crippen LogP contribution in [-0.4, -0.2) is 16.1 Å². The molecule has 2 rings (SSSR count). The van der Waals surface area contributed by atoms with Crippen molar-refractivity contribution in [1.82, 2.24) is 4.98 Å². The van der Waals surface area contributed by atoms with Crippen LogP contribution in [-0.2, 0) is 0 Å². The van der Waals surface area contributed by atoms with Crippen LogP contribution in [0.15, 0.2) is 36.5 Å². The van der Waals surface area contributed by atoms with Crippen molar-refractivity contribution in [2.24, 2.45) is 0 Å². The molecule has 0 aliphatic carbocycles. The van der Waals surface area contributed by atoms with Gasteiger partial charge in [-0.05, 0) is 29.7 Å². The number of nitrogens with two attached hydrogens (primary N) is 1. The molecule has 2 aromatic rings. The maximum absolute atomic E-state index is 11.0. The van der Waals surface area contributed by atoms with Crippen LogP contribution in [0.4, 0.5) is 17.2 Å². The summed E-state index contributed by atoms with van der Waals surface area (Å²) in [5.41, 5.74) is 8.02. The molecule has 5 heteroatoms. The summed E-state index contributed by atoms with van der Waals surface area (Å²) in [6, 6.07) is 9.25. The summed E-state index contributed by atoms with van der Waals surface area (Å²) in [5.74, 6) is -0.304. The number of aromatic carboxylic acids is 1. The van der Waals surface area contributed by atoms with Crippen molar-refractivity contribution in [3.63, 3.8) is 0 Å². The summed E-state index contributed by atoms with van der Waals surface area (Å²) in [6.45, 7) is 4.22. The third-order valence-corrected chi connectivity index (χ3v) is 3.04. The summed E-state index contributed by atoms with van der Waals surface area (Å²) < 4.78 is 0. The monoisotopic (exact) mass is 271 g/mol. The van der Waals surface area contributed by atoms with Gasteiger partial charge in [0.2, 0.25) is 0 Å². The quantitative estimate of drug-likeness (QED) is 0.794. The van der Waals surface area contributed by atoms with Crippen LogP contribution < -0.4 is 11.1 Å². The molecule has 0 spiro atoms. The molecule has 0 aliphatic heterocycles. The number of nitrogens with one attached hydrogen (secondary N) is 1. The molecule has 0 unspecified atom stereocenters. The highest BCUT2D eigenvalue weighted by atomic mass is 16.4. The first kappa shape index (κ1) is 13.9. The Morgan fingerprint density at radius 3 is 2.75 bits per heavy atom. The number of nitrogen functional groups attached to an aromatic ring is 1. The van der Waals surface area contributed by atoms with Gasteiger partial charge in [0.1, 0.15) is 0 Å². The van der Waals surface area contributed by atoms with E-state index in [-0.39, 0.29) is 11.3 Å². The van der Waals surface area contributed by atoms with Crippen LogP contribution in [0, 0.1) is 0 Å². The van der Waals surface area contributed by atoms with Crippen LogP contribution in [0.3, 0.4) is 0 Å². The number of hydrogen-bond donors (Lipinski definition) is 3. The maximum atomic E-state index is 11.0. The number of carboxylic acid groups (broad SMARTS) is 1.